The van der Waals surface area contributed by atoms with Crippen LogP contribution < -0.4 is 10.6 Å². The van der Waals surface area contributed by atoms with Gasteiger partial charge in [-0.05, 0) is 17.7 Å². The highest BCUT2D eigenvalue weighted by atomic mass is 16.3. The zero-order chi connectivity index (χ0) is 10.1. The van der Waals surface area contributed by atoms with E-state index in [-0.39, 0.29) is 5.91 Å². The van der Waals surface area contributed by atoms with E-state index in [0.29, 0.717) is 12.1 Å². The maximum atomic E-state index is 11.3. The molecule has 0 bridgehead atoms. The van der Waals surface area contributed by atoms with Gasteiger partial charge in [0.1, 0.15) is 6.23 Å². The standard InChI is InChI=1S/C10H12N2O2/c1-11-9(13)6-2-3-7-5-12-10(14)8(7)4-6/h2-4,10,12,14H,5H2,1H3,(H,11,13). The molecule has 0 saturated carbocycles. The third-order valence-electron chi connectivity index (χ3n) is 2.42. The van der Waals surface area contributed by atoms with E-state index in [0.717, 1.165) is 11.1 Å². The number of carbonyl (C=O) groups is 1. The molecule has 1 aliphatic heterocycles. The number of carbonyl (C=O) groups excluding carboxylic acids is 1. The Labute approximate surface area is 81.9 Å². The molecule has 1 aromatic rings. The Hall–Kier alpha value is -1.39. The van der Waals surface area contributed by atoms with E-state index in [4.69, 9.17) is 0 Å². The van der Waals surface area contributed by atoms with E-state index in [1.54, 1.807) is 19.2 Å². The van der Waals surface area contributed by atoms with Gasteiger partial charge >= 0.3 is 0 Å². The van der Waals surface area contributed by atoms with Crippen molar-refractivity contribution in [1.29, 1.82) is 0 Å². The minimum absolute atomic E-state index is 0.132. The summed E-state index contributed by atoms with van der Waals surface area (Å²) < 4.78 is 0. The molecule has 14 heavy (non-hydrogen) atoms. The van der Waals surface area contributed by atoms with Gasteiger partial charge < -0.3 is 10.4 Å². The average molecular weight is 192 g/mol. The van der Waals surface area contributed by atoms with E-state index in [9.17, 15) is 9.90 Å². The first-order valence-corrected chi connectivity index (χ1v) is 4.48. The number of benzene rings is 1. The van der Waals surface area contributed by atoms with Crippen molar-refractivity contribution in [3.05, 3.63) is 34.9 Å². The number of aliphatic hydroxyl groups is 1. The maximum Gasteiger partial charge on any atom is 0.251 e. The van der Waals surface area contributed by atoms with Crippen LogP contribution in [-0.4, -0.2) is 18.1 Å². The lowest BCUT2D eigenvalue weighted by Crippen LogP contribution is -2.18. The van der Waals surface area contributed by atoms with Gasteiger partial charge in [0.05, 0.1) is 0 Å². The molecule has 1 unspecified atom stereocenters. The van der Waals surface area contributed by atoms with Crippen LogP contribution in [-0.2, 0) is 6.54 Å². The number of aliphatic hydroxyl groups excluding tert-OH is 1. The summed E-state index contributed by atoms with van der Waals surface area (Å²) in [6.07, 6.45) is -0.644. The number of fused-ring (bicyclic) bond motifs is 1. The van der Waals surface area contributed by atoms with Crippen molar-refractivity contribution in [2.75, 3.05) is 7.05 Å². The van der Waals surface area contributed by atoms with Gasteiger partial charge in [-0.1, -0.05) is 6.07 Å². The summed E-state index contributed by atoms with van der Waals surface area (Å²) in [5, 5.41) is 15.0. The zero-order valence-electron chi connectivity index (χ0n) is 7.87. The Balaban J connectivity index is 2.39. The van der Waals surface area contributed by atoms with E-state index in [2.05, 4.69) is 10.6 Å². The van der Waals surface area contributed by atoms with Crippen molar-refractivity contribution in [1.82, 2.24) is 10.6 Å². The molecule has 1 aromatic carbocycles. The fourth-order valence-corrected chi connectivity index (χ4v) is 1.61. The SMILES string of the molecule is CNC(=O)c1ccc2c(c1)C(O)NC2. The summed E-state index contributed by atoms with van der Waals surface area (Å²) in [7, 11) is 1.59. The van der Waals surface area contributed by atoms with Crippen molar-refractivity contribution in [2.24, 2.45) is 0 Å². The lowest BCUT2D eigenvalue weighted by molar-refractivity contribution is 0.0962. The molecule has 0 spiro atoms. The van der Waals surface area contributed by atoms with Crippen LogP contribution in [0, 0.1) is 0 Å². The Morgan fingerprint density at radius 1 is 1.64 bits per heavy atom. The number of hydrogen-bond acceptors (Lipinski definition) is 3. The van der Waals surface area contributed by atoms with Gasteiger partial charge in [0.2, 0.25) is 0 Å². The van der Waals surface area contributed by atoms with E-state index >= 15 is 0 Å². The zero-order valence-corrected chi connectivity index (χ0v) is 7.87. The highest BCUT2D eigenvalue weighted by molar-refractivity contribution is 5.94. The van der Waals surface area contributed by atoms with Crippen molar-refractivity contribution in [2.45, 2.75) is 12.8 Å². The smallest absolute Gasteiger partial charge is 0.251 e. The molecule has 74 valence electrons. The molecule has 0 saturated heterocycles. The summed E-state index contributed by atoms with van der Waals surface area (Å²) >= 11 is 0. The molecular formula is C10H12N2O2. The van der Waals surface area contributed by atoms with Gasteiger partial charge in [-0.3, -0.25) is 10.1 Å². The van der Waals surface area contributed by atoms with Gasteiger partial charge in [-0.25, -0.2) is 0 Å². The van der Waals surface area contributed by atoms with Crippen LogP contribution in [0.5, 0.6) is 0 Å². The fourth-order valence-electron chi connectivity index (χ4n) is 1.61. The number of amides is 1. The first-order chi connectivity index (χ1) is 6.72. The molecule has 0 radical (unpaired) electrons. The Morgan fingerprint density at radius 3 is 3.14 bits per heavy atom. The monoisotopic (exact) mass is 192 g/mol. The Kier molecular flexibility index (Phi) is 2.23. The second kappa shape index (κ2) is 3.40. The second-order valence-electron chi connectivity index (χ2n) is 3.28. The number of rotatable bonds is 1. The Bertz CT molecular complexity index is 376. The molecule has 4 nitrogen and oxygen atoms in total. The number of hydrogen-bond donors (Lipinski definition) is 3. The van der Waals surface area contributed by atoms with Crippen LogP contribution in [0.1, 0.15) is 27.7 Å². The summed E-state index contributed by atoms with van der Waals surface area (Å²) in [5.74, 6) is -0.132. The van der Waals surface area contributed by atoms with Gasteiger partial charge in [-0.15, -0.1) is 0 Å². The topological polar surface area (TPSA) is 61.4 Å². The molecule has 0 aromatic heterocycles. The largest absolute Gasteiger partial charge is 0.374 e. The molecule has 1 aliphatic rings. The van der Waals surface area contributed by atoms with Crippen LogP contribution in [0.25, 0.3) is 0 Å². The third-order valence-corrected chi connectivity index (χ3v) is 2.42. The van der Waals surface area contributed by atoms with Crippen LogP contribution in [0.4, 0.5) is 0 Å². The predicted octanol–water partition coefficient (Wildman–Crippen LogP) is 0.140. The molecule has 1 atom stereocenters. The molecule has 4 heteroatoms. The second-order valence-corrected chi connectivity index (χ2v) is 3.28. The fraction of sp³-hybridized carbons (Fsp3) is 0.300. The number of nitrogens with one attached hydrogen (secondary N) is 2. The van der Waals surface area contributed by atoms with Gasteiger partial charge in [-0.2, -0.15) is 0 Å². The summed E-state index contributed by atoms with van der Waals surface area (Å²) in [6.45, 7) is 0.657. The van der Waals surface area contributed by atoms with E-state index < -0.39 is 6.23 Å². The maximum absolute atomic E-state index is 11.3. The van der Waals surface area contributed by atoms with Gasteiger partial charge in [0.25, 0.3) is 5.91 Å². The van der Waals surface area contributed by atoms with E-state index in [1.807, 2.05) is 6.07 Å². The molecule has 0 fully saturated rings. The van der Waals surface area contributed by atoms with Gasteiger partial charge in [0.15, 0.2) is 0 Å². The molecule has 1 heterocycles. The van der Waals surface area contributed by atoms with Crippen molar-refractivity contribution in [3.8, 4) is 0 Å². The van der Waals surface area contributed by atoms with Gasteiger partial charge in [0, 0.05) is 24.7 Å². The lowest BCUT2D eigenvalue weighted by atomic mass is 10.1. The Morgan fingerprint density at radius 2 is 2.43 bits per heavy atom. The van der Waals surface area contributed by atoms with Crippen LogP contribution >= 0.6 is 0 Å². The summed E-state index contributed by atoms with van der Waals surface area (Å²) in [5.41, 5.74) is 2.42. The summed E-state index contributed by atoms with van der Waals surface area (Å²) in [4.78, 5) is 11.3. The third kappa shape index (κ3) is 1.38. The first-order valence-electron chi connectivity index (χ1n) is 4.48. The van der Waals surface area contributed by atoms with Crippen LogP contribution in [0.2, 0.25) is 0 Å². The predicted molar refractivity (Wildman–Crippen MR) is 51.6 cm³/mol. The average Bonchev–Trinajstić information content (AvgIpc) is 2.59. The van der Waals surface area contributed by atoms with Crippen molar-refractivity contribution in [3.63, 3.8) is 0 Å². The van der Waals surface area contributed by atoms with Crippen molar-refractivity contribution >= 4 is 5.91 Å². The normalized spacial score (nSPS) is 19.1. The minimum Gasteiger partial charge on any atom is -0.374 e. The molecule has 1 amide bonds. The van der Waals surface area contributed by atoms with Crippen LogP contribution in [0.3, 0.4) is 0 Å². The minimum atomic E-state index is -0.644. The highest BCUT2D eigenvalue weighted by Gasteiger charge is 2.20. The molecule has 0 aliphatic carbocycles. The van der Waals surface area contributed by atoms with E-state index in [1.165, 1.54) is 0 Å². The first kappa shape index (κ1) is 9.18. The highest BCUT2D eigenvalue weighted by Crippen LogP contribution is 2.23. The van der Waals surface area contributed by atoms with Crippen molar-refractivity contribution < 1.29 is 9.90 Å². The summed E-state index contributed by atoms with van der Waals surface area (Å²) in [6, 6.07) is 5.35. The molecule has 3 N–H and O–H groups in total. The van der Waals surface area contributed by atoms with Crippen LogP contribution in [0.15, 0.2) is 18.2 Å². The molecule has 2 rings (SSSR count). The quantitative estimate of drug-likeness (QED) is 0.593. The lowest BCUT2D eigenvalue weighted by Gasteiger charge is -2.05. The molecular weight excluding hydrogens is 180 g/mol.